The summed E-state index contributed by atoms with van der Waals surface area (Å²) in [6.07, 6.45) is 4.77. The van der Waals surface area contributed by atoms with Gasteiger partial charge in [-0.3, -0.25) is 9.89 Å². The van der Waals surface area contributed by atoms with Gasteiger partial charge in [0.05, 0.1) is 29.7 Å². The topological polar surface area (TPSA) is 109 Å². The number of piperazine rings is 1. The van der Waals surface area contributed by atoms with Crippen molar-refractivity contribution in [3.63, 3.8) is 0 Å². The Balaban J connectivity index is 1.39. The minimum Gasteiger partial charge on any atom is -0.368 e. The molecule has 2 aliphatic heterocycles. The highest BCUT2D eigenvalue weighted by molar-refractivity contribution is 8.06. The van der Waals surface area contributed by atoms with Crippen LogP contribution in [0.4, 0.5) is 17.5 Å². The van der Waals surface area contributed by atoms with Crippen LogP contribution < -0.4 is 10.2 Å². The Morgan fingerprint density at radius 2 is 1.80 bits per heavy atom. The van der Waals surface area contributed by atoms with E-state index in [2.05, 4.69) is 50.0 Å². The zero-order valence-corrected chi connectivity index (χ0v) is 21.7. The van der Waals surface area contributed by atoms with Crippen LogP contribution in [-0.4, -0.2) is 82.9 Å². The Morgan fingerprint density at radius 1 is 1.06 bits per heavy atom. The van der Waals surface area contributed by atoms with Crippen molar-refractivity contribution in [2.75, 3.05) is 49.2 Å². The molecule has 3 aromatic rings. The molecule has 0 spiro atoms. The largest absolute Gasteiger partial charge is 0.368 e. The number of hydrogen-bond acceptors (Lipinski definition) is 9. The molecule has 35 heavy (non-hydrogen) atoms. The first-order chi connectivity index (χ1) is 16.5. The van der Waals surface area contributed by atoms with E-state index in [0.717, 1.165) is 37.3 Å². The van der Waals surface area contributed by atoms with Crippen LogP contribution >= 0.6 is 0 Å². The van der Waals surface area contributed by atoms with Crippen LogP contribution in [-0.2, 0) is 15.4 Å². The van der Waals surface area contributed by atoms with E-state index in [0.29, 0.717) is 35.7 Å². The van der Waals surface area contributed by atoms with Gasteiger partial charge in [-0.2, -0.15) is 4.98 Å². The highest BCUT2D eigenvalue weighted by Gasteiger charge is 2.35. The summed E-state index contributed by atoms with van der Waals surface area (Å²) in [5.41, 5.74) is 1.89. The fourth-order valence-electron chi connectivity index (χ4n) is 4.80. The summed E-state index contributed by atoms with van der Waals surface area (Å²) in [5.74, 6) is 1.06. The molecule has 0 aromatic carbocycles. The number of sulfone groups is 1. The highest BCUT2D eigenvalue weighted by atomic mass is 32.2. The average Bonchev–Trinajstić information content (AvgIpc) is 3.18. The molecular weight excluding hydrogens is 464 g/mol. The Bertz CT molecular complexity index is 1380. The highest BCUT2D eigenvalue weighted by Crippen LogP contribution is 2.32. The van der Waals surface area contributed by atoms with Gasteiger partial charge in [-0.1, -0.05) is 0 Å². The molecule has 2 aliphatic rings. The molecule has 10 nitrogen and oxygen atoms in total. The molecule has 1 N–H and O–H groups in total. The predicted octanol–water partition coefficient (Wildman–Crippen LogP) is 2.64. The van der Waals surface area contributed by atoms with Crippen LogP contribution in [0, 0.1) is 0 Å². The van der Waals surface area contributed by atoms with Crippen molar-refractivity contribution in [1.82, 2.24) is 24.4 Å². The van der Waals surface area contributed by atoms with Crippen molar-refractivity contribution in [3.05, 3.63) is 36.3 Å². The summed E-state index contributed by atoms with van der Waals surface area (Å²) in [6, 6.07) is 6.37. The van der Waals surface area contributed by atoms with Crippen molar-refractivity contribution in [2.45, 2.75) is 39.3 Å². The monoisotopic (exact) mass is 496 g/mol. The molecule has 0 saturated carbocycles. The molecule has 1 saturated heterocycles. The number of fused-ring (bicyclic) bond motifs is 3. The van der Waals surface area contributed by atoms with Gasteiger partial charge in [0.15, 0.2) is 14.9 Å². The SMILES string of the molecule is CC(C)N1CCN(c2ccc(Nc3ncc4cc5n(c4n3)C(C)(C)CN=C5S(C)(=O)=O)nc2)CC1. The number of nitrogens with one attached hydrogen (secondary N) is 1. The van der Waals surface area contributed by atoms with E-state index in [-0.39, 0.29) is 5.04 Å². The van der Waals surface area contributed by atoms with E-state index in [1.54, 1.807) is 12.3 Å². The minimum atomic E-state index is -3.47. The van der Waals surface area contributed by atoms with Crippen molar-refractivity contribution in [1.29, 1.82) is 0 Å². The maximum absolute atomic E-state index is 12.3. The quantitative estimate of drug-likeness (QED) is 0.587. The molecule has 186 valence electrons. The lowest BCUT2D eigenvalue weighted by Gasteiger charge is -2.38. The second-order valence-electron chi connectivity index (χ2n) is 10.2. The van der Waals surface area contributed by atoms with E-state index in [1.807, 2.05) is 30.7 Å². The van der Waals surface area contributed by atoms with Gasteiger partial charge < -0.3 is 14.8 Å². The summed E-state index contributed by atoms with van der Waals surface area (Å²) in [4.78, 5) is 23.0. The van der Waals surface area contributed by atoms with Crippen LogP contribution in [0.1, 0.15) is 33.4 Å². The first kappa shape index (κ1) is 23.7. The van der Waals surface area contributed by atoms with Gasteiger partial charge in [0.25, 0.3) is 0 Å². The summed E-state index contributed by atoms with van der Waals surface area (Å²) in [5, 5.41) is 4.05. The van der Waals surface area contributed by atoms with Gasteiger partial charge in [0, 0.05) is 50.1 Å². The fourth-order valence-corrected chi connectivity index (χ4v) is 5.63. The van der Waals surface area contributed by atoms with Gasteiger partial charge in [0.2, 0.25) is 5.95 Å². The first-order valence-corrected chi connectivity index (χ1v) is 13.8. The first-order valence-electron chi connectivity index (χ1n) is 11.9. The number of rotatable bonds is 4. The van der Waals surface area contributed by atoms with Crippen LogP contribution in [0.2, 0.25) is 0 Å². The van der Waals surface area contributed by atoms with Crippen LogP contribution in [0.15, 0.2) is 35.6 Å². The van der Waals surface area contributed by atoms with E-state index >= 15 is 0 Å². The number of aromatic nitrogens is 4. The smallest absolute Gasteiger partial charge is 0.230 e. The van der Waals surface area contributed by atoms with E-state index < -0.39 is 15.4 Å². The Morgan fingerprint density at radius 3 is 2.43 bits per heavy atom. The zero-order chi connectivity index (χ0) is 25.0. The number of anilines is 3. The average molecular weight is 497 g/mol. The van der Waals surface area contributed by atoms with Crippen molar-refractivity contribution < 1.29 is 8.42 Å². The molecule has 5 rings (SSSR count). The maximum Gasteiger partial charge on any atom is 0.230 e. The second-order valence-corrected chi connectivity index (χ2v) is 12.1. The Labute approximate surface area is 206 Å². The van der Waals surface area contributed by atoms with Crippen LogP contribution in [0.25, 0.3) is 11.0 Å². The van der Waals surface area contributed by atoms with Crippen LogP contribution in [0.5, 0.6) is 0 Å². The standard InChI is InChI=1S/C24H32N8O2S/c1-16(2)30-8-10-31(11-9-30)18-6-7-20(25-14-18)28-23-26-13-17-12-19-22(35(5,33)34)27-15-24(3,4)32(19)21(17)29-23/h6-7,12-14,16H,8-11,15H2,1-5H3,(H,25,26,28,29). The summed E-state index contributed by atoms with van der Waals surface area (Å²) in [6.45, 7) is 12.9. The minimum absolute atomic E-state index is 0.0933. The molecule has 3 aromatic heterocycles. The Hall–Kier alpha value is -3.05. The molecule has 0 amide bonds. The Kier molecular flexibility index (Phi) is 5.79. The number of hydrogen-bond donors (Lipinski definition) is 1. The third-order valence-corrected chi connectivity index (χ3v) is 7.76. The lowest BCUT2D eigenvalue weighted by molar-refractivity contribution is 0.209. The number of pyridine rings is 1. The van der Waals surface area contributed by atoms with Gasteiger partial charge in [0.1, 0.15) is 11.5 Å². The van der Waals surface area contributed by atoms with Crippen molar-refractivity contribution in [3.8, 4) is 0 Å². The van der Waals surface area contributed by atoms with Crippen LogP contribution in [0.3, 0.4) is 0 Å². The summed E-state index contributed by atoms with van der Waals surface area (Å²) < 4.78 is 26.6. The van der Waals surface area contributed by atoms with E-state index in [4.69, 9.17) is 4.98 Å². The molecule has 1 fully saturated rings. The van der Waals surface area contributed by atoms with Crippen molar-refractivity contribution in [2.24, 2.45) is 4.99 Å². The zero-order valence-electron chi connectivity index (χ0n) is 20.9. The van der Waals surface area contributed by atoms with E-state index in [9.17, 15) is 8.42 Å². The molecule has 0 bridgehead atoms. The normalized spacial score (nSPS) is 18.6. The molecule has 5 heterocycles. The molecule has 11 heteroatoms. The number of nitrogens with zero attached hydrogens (tertiary/aromatic N) is 7. The molecule has 0 radical (unpaired) electrons. The third-order valence-electron chi connectivity index (χ3n) is 6.72. The lowest BCUT2D eigenvalue weighted by Crippen LogP contribution is -2.48. The molecule has 0 aliphatic carbocycles. The summed E-state index contributed by atoms with van der Waals surface area (Å²) in [7, 11) is -3.47. The molecule has 0 unspecified atom stereocenters. The third kappa shape index (κ3) is 4.50. The summed E-state index contributed by atoms with van der Waals surface area (Å²) >= 11 is 0. The second kappa shape index (κ2) is 8.56. The molecular formula is C24H32N8O2S. The van der Waals surface area contributed by atoms with Gasteiger partial charge >= 0.3 is 0 Å². The van der Waals surface area contributed by atoms with E-state index in [1.165, 1.54) is 6.26 Å². The lowest BCUT2D eigenvalue weighted by atomic mass is 10.0. The fraction of sp³-hybridized carbons (Fsp3) is 0.500. The van der Waals surface area contributed by atoms with Crippen molar-refractivity contribution >= 4 is 43.4 Å². The predicted molar refractivity (Wildman–Crippen MR) is 140 cm³/mol. The van der Waals surface area contributed by atoms with Gasteiger partial charge in [-0.05, 0) is 45.9 Å². The van der Waals surface area contributed by atoms with Gasteiger partial charge in [-0.15, -0.1) is 0 Å². The van der Waals surface area contributed by atoms with Gasteiger partial charge in [-0.25, -0.2) is 18.4 Å². The number of aliphatic imine (C=N–C) groups is 1. The maximum atomic E-state index is 12.3. The molecule has 0 atom stereocenters.